The summed E-state index contributed by atoms with van der Waals surface area (Å²) in [5.74, 6) is -0.655. The molecule has 0 aliphatic rings. The molecule has 0 bridgehead atoms. The van der Waals surface area contributed by atoms with Crippen LogP contribution >= 0.6 is 0 Å². The fraction of sp³-hybridized carbons (Fsp3) is 0.933. The summed E-state index contributed by atoms with van der Waals surface area (Å²) in [6, 6.07) is 0. The van der Waals surface area contributed by atoms with Gasteiger partial charge in [0.05, 0.1) is 0 Å². The van der Waals surface area contributed by atoms with Crippen LogP contribution in [-0.2, 0) is 4.79 Å². The zero-order valence-electron chi connectivity index (χ0n) is 12.3. The quantitative estimate of drug-likeness (QED) is 0.336. The number of rotatable bonds is 13. The zero-order chi connectivity index (χ0) is 12.8. The first-order chi connectivity index (χ1) is 8.27. The van der Waals surface area contributed by atoms with Gasteiger partial charge in [-0.1, -0.05) is 77.6 Å². The van der Waals surface area contributed by atoms with E-state index in [-0.39, 0.29) is 27.3 Å². The molecule has 1 N–H and O–H groups in total. The van der Waals surface area contributed by atoms with Gasteiger partial charge < -0.3 is 5.11 Å². The fourth-order valence-corrected chi connectivity index (χ4v) is 2.12. The summed E-state index contributed by atoms with van der Waals surface area (Å²) in [5.41, 5.74) is 0. The van der Waals surface area contributed by atoms with E-state index in [1.54, 1.807) is 0 Å². The van der Waals surface area contributed by atoms with Crippen molar-refractivity contribution in [3.8, 4) is 0 Å². The average molecular weight is 452 g/mol. The van der Waals surface area contributed by atoms with Crippen LogP contribution in [0.5, 0.6) is 0 Å². The first-order valence-electron chi connectivity index (χ1n) is 7.49. The minimum absolute atomic E-state index is 0. The Morgan fingerprint density at radius 3 is 1.39 bits per heavy atom. The van der Waals surface area contributed by atoms with Gasteiger partial charge in [-0.15, -0.1) is 0 Å². The van der Waals surface area contributed by atoms with Crippen molar-refractivity contribution < 1.29 is 9.90 Å². The van der Waals surface area contributed by atoms with Crippen molar-refractivity contribution in [3.05, 3.63) is 0 Å². The first-order valence-corrected chi connectivity index (χ1v) is 7.49. The van der Waals surface area contributed by atoms with Gasteiger partial charge in [-0.05, 0) is 6.42 Å². The number of carboxylic acid groups (broad SMARTS) is 1. The maximum atomic E-state index is 10.3. The van der Waals surface area contributed by atoms with E-state index in [9.17, 15) is 4.79 Å². The van der Waals surface area contributed by atoms with Crippen molar-refractivity contribution in [1.82, 2.24) is 0 Å². The summed E-state index contributed by atoms with van der Waals surface area (Å²) >= 11 is 0. The molecule has 0 atom stereocenters. The third-order valence-electron chi connectivity index (χ3n) is 3.24. The van der Waals surface area contributed by atoms with E-state index in [0.29, 0.717) is 6.42 Å². The van der Waals surface area contributed by atoms with E-state index < -0.39 is 5.97 Å². The average Bonchev–Trinajstić information content (AvgIpc) is 2.30. The van der Waals surface area contributed by atoms with Crippen LogP contribution in [0.1, 0.15) is 90.4 Å². The summed E-state index contributed by atoms with van der Waals surface area (Å²) in [6.45, 7) is 2.25. The van der Waals surface area contributed by atoms with Gasteiger partial charge in [0.15, 0.2) is 0 Å². The van der Waals surface area contributed by atoms with Crippen molar-refractivity contribution in [2.24, 2.45) is 0 Å². The maximum absolute atomic E-state index is 10.3. The molecule has 0 saturated carbocycles. The second kappa shape index (κ2) is 17.4. The Balaban J connectivity index is 0. The molecule has 0 aliphatic heterocycles. The van der Waals surface area contributed by atoms with Gasteiger partial charge >= 0.3 is 33.3 Å². The molecular weight excluding hydrogens is 419 g/mol. The van der Waals surface area contributed by atoms with E-state index in [1.165, 1.54) is 64.2 Å². The molecule has 0 rings (SSSR count). The predicted octanol–water partition coefficient (Wildman–Crippen LogP) is 4.25. The molecule has 108 valence electrons. The molecular formula is C15H32O2Pb. The third-order valence-corrected chi connectivity index (χ3v) is 3.24. The van der Waals surface area contributed by atoms with Gasteiger partial charge in [-0.2, -0.15) is 0 Å². The van der Waals surface area contributed by atoms with E-state index in [2.05, 4.69) is 6.92 Å². The second-order valence-electron chi connectivity index (χ2n) is 5.03. The van der Waals surface area contributed by atoms with E-state index >= 15 is 0 Å². The standard InChI is InChI=1S/C15H30O2.Pb.2H/c1-2-3-4-5-6-7-8-9-10-11-12-13-14-15(16)17;;;/h2-14H2,1H3,(H,16,17);;;. The monoisotopic (exact) mass is 452 g/mol. The first kappa shape index (κ1) is 20.7. The van der Waals surface area contributed by atoms with Crippen LogP contribution in [0, 0.1) is 0 Å². The van der Waals surface area contributed by atoms with Crippen LogP contribution < -0.4 is 0 Å². The molecule has 0 amide bonds. The van der Waals surface area contributed by atoms with Crippen molar-refractivity contribution in [1.29, 1.82) is 0 Å². The summed E-state index contributed by atoms with van der Waals surface area (Å²) in [5, 5.41) is 8.47. The molecule has 3 heteroatoms. The van der Waals surface area contributed by atoms with Crippen molar-refractivity contribution in [3.63, 3.8) is 0 Å². The summed E-state index contributed by atoms with van der Waals surface area (Å²) < 4.78 is 0. The third kappa shape index (κ3) is 18.7. The number of hydrogen-bond acceptors (Lipinski definition) is 1. The van der Waals surface area contributed by atoms with E-state index in [4.69, 9.17) is 5.11 Å². The molecule has 2 radical (unpaired) electrons. The van der Waals surface area contributed by atoms with Crippen LogP contribution in [0.3, 0.4) is 0 Å². The Hall–Kier alpha value is 0.392. The van der Waals surface area contributed by atoms with Crippen LogP contribution in [-0.4, -0.2) is 38.4 Å². The van der Waals surface area contributed by atoms with Crippen LogP contribution in [0.15, 0.2) is 0 Å². The Morgan fingerprint density at radius 1 is 0.722 bits per heavy atom. The summed E-state index contributed by atoms with van der Waals surface area (Å²) in [4.78, 5) is 10.3. The Kier molecular flexibility index (Phi) is 20.0. The van der Waals surface area contributed by atoms with Gasteiger partial charge in [0, 0.05) is 6.42 Å². The molecule has 0 fully saturated rings. The number of aliphatic carboxylic acids is 1. The predicted molar refractivity (Wildman–Crippen MR) is 81.9 cm³/mol. The molecule has 18 heavy (non-hydrogen) atoms. The van der Waals surface area contributed by atoms with Crippen LogP contribution in [0.2, 0.25) is 0 Å². The molecule has 0 aromatic carbocycles. The molecule has 0 spiro atoms. The number of unbranched alkanes of at least 4 members (excludes halogenated alkanes) is 11. The number of carboxylic acids is 1. The van der Waals surface area contributed by atoms with Crippen molar-refractivity contribution in [2.75, 3.05) is 0 Å². The summed E-state index contributed by atoms with van der Waals surface area (Å²) in [7, 11) is 0. The Bertz CT molecular complexity index is 172. The van der Waals surface area contributed by atoms with Gasteiger partial charge in [-0.25, -0.2) is 0 Å². The molecule has 0 aromatic heterocycles. The fourth-order valence-electron chi connectivity index (χ4n) is 2.12. The number of hydrogen-bond donors (Lipinski definition) is 1. The van der Waals surface area contributed by atoms with Gasteiger partial charge in [0.2, 0.25) is 0 Å². The Morgan fingerprint density at radius 2 is 1.06 bits per heavy atom. The van der Waals surface area contributed by atoms with E-state index in [1.807, 2.05) is 0 Å². The summed E-state index contributed by atoms with van der Waals surface area (Å²) in [6.07, 6.45) is 15.8. The van der Waals surface area contributed by atoms with Gasteiger partial charge in [-0.3, -0.25) is 4.79 Å². The number of carbonyl (C=O) groups is 1. The molecule has 0 saturated heterocycles. The zero-order valence-corrected chi connectivity index (χ0v) is 17.8. The minimum atomic E-state index is -0.655. The second-order valence-corrected chi connectivity index (χ2v) is 5.03. The molecule has 0 unspecified atom stereocenters. The molecule has 0 aromatic rings. The van der Waals surface area contributed by atoms with Gasteiger partial charge in [0.1, 0.15) is 0 Å². The SMILES string of the molecule is CCCCCCCCCCCCCCC(=O)O.[PbH2]. The van der Waals surface area contributed by atoms with E-state index in [0.717, 1.165) is 12.8 Å². The van der Waals surface area contributed by atoms with Crippen molar-refractivity contribution >= 4 is 33.3 Å². The molecule has 2 nitrogen and oxygen atoms in total. The topological polar surface area (TPSA) is 37.3 Å². The normalized spacial score (nSPS) is 10.1. The van der Waals surface area contributed by atoms with Crippen molar-refractivity contribution in [2.45, 2.75) is 90.4 Å². The van der Waals surface area contributed by atoms with Gasteiger partial charge in [0.25, 0.3) is 0 Å². The Labute approximate surface area is 133 Å². The molecule has 0 heterocycles. The van der Waals surface area contributed by atoms with Crippen LogP contribution in [0.4, 0.5) is 0 Å². The molecule has 0 aliphatic carbocycles. The van der Waals surface area contributed by atoms with Crippen LogP contribution in [0.25, 0.3) is 0 Å².